The average molecular weight is 163 g/mol. The predicted molar refractivity (Wildman–Crippen MR) is 45.9 cm³/mol. The highest BCUT2D eigenvalue weighted by Gasteiger charge is 1.92. The van der Waals surface area contributed by atoms with E-state index in [0.29, 0.717) is 0 Å². The summed E-state index contributed by atoms with van der Waals surface area (Å²) < 4.78 is 0.948. The molecule has 0 amide bonds. The molecule has 1 heterocycles. The van der Waals surface area contributed by atoms with Gasteiger partial charge in [-0.25, -0.2) is 0 Å². The number of aromatic nitrogens is 1. The number of fused-ring (bicyclic) bond motifs is 1. The maximum Gasteiger partial charge on any atom is 0.251 e. The summed E-state index contributed by atoms with van der Waals surface area (Å²) in [6, 6.07) is 7.60. The molecule has 0 bridgehead atoms. The summed E-state index contributed by atoms with van der Waals surface area (Å²) in [5.41, 5.74) is 0.886. The van der Waals surface area contributed by atoms with Gasteiger partial charge in [0, 0.05) is 0 Å². The van der Waals surface area contributed by atoms with Crippen molar-refractivity contribution in [2.45, 2.75) is 0 Å². The first-order valence-electron chi connectivity index (χ1n) is 3.21. The van der Waals surface area contributed by atoms with Crippen LogP contribution < -0.4 is 4.74 Å². The van der Waals surface area contributed by atoms with E-state index in [-0.39, 0.29) is 4.74 Å². The maximum atomic E-state index is 10.8. The van der Waals surface area contributed by atoms with Crippen molar-refractivity contribution in [3.63, 3.8) is 0 Å². The van der Waals surface area contributed by atoms with Crippen LogP contribution in [0.2, 0.25) is 0 Å². The zero-order valence-corrected chi connectivity index (χ0v) is 6.47. The van der Waals surface area contributed by atoms with Gasteiger partial charge in [0.1, 0.15) is 0 Å². The largest absolute Gasteiger partial charge is 0.276 e. The quantitative estimate of drug-likeness (QED) is 0.591. The van der Waals surface area contributed by atoms with E-state index in [1.54, 1.807) is 0 Å². The van der Waals surface area contributed by atoms with E-state index in [0.717, 1.165) is 10.2 Å². The van der Waals surface area contributed by atoms with Crippen LogP contribution in [0.15, 0.2) is 35.3 Å². The van der Waals surface area contributed by atoms with Gasteiger partial charge in [0.25, 0.3) is 4.74 Å². The molecule has 1 aromatic carbocycles. The molecule has 0 atom stereocenters. The molecule has 1 aromatic heterocycles. The standard InChI is InChI=1S/C8H5NOS/c10-8-5-9-6-3-1-2-4-7(6)11-8/h1-5H. The Morgan fingerprint density at radius 2 is 2.09 bits per heavy atom. The fraction of sp³-hybridized carbons (Fsp3) is 0. The van der Waals surface area contributed by atoms with Crippen molar-refractivity contribution >= 4 is 21.6 Å². The smallest absolute Gasteiger partial charge is 0.251 e. The van der Waals surface area contributed by atoms with E-state index in [1.165, 1.54) is 17.5 Å². The number of hydrogen-bond donors (Lipinski definition) is 0. The van der Waals surface area contributed by atoms with Gasteiger partial charge in [0.2, 0.25) is 0 Å². The Hall–Kier alpha value is -1.22. The van der Waals surface area contributed by atoms with E-state index >= 15 is 0 Å². The molecule has 0 N–H and O–H groups in total. The summed E-state index contributed by atoms with van der Waals surface area (Å²) in [5, 5.41) is 0. The Kier molecular flexibility index (Phi) is 1.43. The molecule has 0 aliphatic carbocycles. The van der Waals surface area contributed by atoms with Crippen molar-refractivity contribution < 1.29 is 0 Å². The van der Waals surface area contributed by atoms with Crippen LogP contribution in [-0.4, -0.2) is 4.98 Å². The van der Waals surface area contributed by atoms with Crippen molar-refractivity contribution in [3.8, 4) is 0 Å². The van der Waals surface area contributed by atoms with Gasteiger partial charge in [-0.05, 0) is 12.1 Å². The fourth-order valence-corrected chi connectivity index (χ4v) is 1.60. The molecule has 0 spiro atoms. The van der Waals surface area contributed by atoms with Gasteiger partial charge >= 0.3 is 0 Å². The molecule has 3 heteroatoms. The van der Waals surface area contributed by atoms with Gasteiger partial charge in [-0.3, -0.25) is 9.78 Å². The van der Waals surface area contributed by atoms with Crippen LogP contribution >= 0.6 is 11.3 Å². The minimum Gasteiger partial charge on any atom is -0.276 e. The van der Waals surface area contributed by atoms with Crippen LogP contribution in [0.5, 0.6) is 0 Å². The third-order valence-electron chi connectivity index (χ3n) is 1.38. The van der Waals surface area contributed by atoms with Crippen LogP contribution in [0.1, 0.15) is 0 Å². The lowest BCUT2D eigenvalue weighted by Gasteiger charge is -1.90. The lowest BCUT2D eigenvalue weighted by Crippen LogP contribution is -1.91. The molecule has 54 valence electrons. The molecule has 0 unspecified atom stereocenters. The Morgan fingerprint density at radius 1 is 1.27 bits per heavy atom. The third-order valence-corrected chi connectivity index (χ3v) is 2.26. The van der Waals surface area contributed by atoms with Gasteiger partial charge in [-0.15, -0.1) is 0 Å². The van der Waals surface area contributed by atoms with Crippen LogP contribution in [-0.2, 0) is 0 Å². The van der Waals surface area contributed by atoms with Crippen molar-refractivity contribution in [2.24, 2.45) is 0 Å². The van der Waals surface area contributed by atoms with E-state index in [9.17, 15) is 4.79 Å². The van der Waals surface area contributed by atoms with Crippen molar-refractivity contribution in [2.75, 3.05) is 0 Å². The van der Waals surface area contributed by atoms with E-state index in [4.69, 9.17) is 0 Å². The normalized spacial score (nSPS) is 10.2. The summed E-state index contributed by atoms with van der Waals surface area (Å²) in [4.78, 5) is 14.8. The first kappa shape index (κ1) is 6.49. The second-order valence-electron chi connectivity index (χ2n) is 2.15. The van der Waals surface area contributed by atoms with Crippen molar-refractivity contribution in [1.82, 2.24) is 4.98 Å². The number of hydrogen-bond acceptors (Lipinski definition) is 3. The van der Waals surface area contributed by atoms with Crippen LogP contribution in [0.25, 0.3) is 10.2 Å². The number of rotatable bonds is 0. The average Bonchev–Trinajstić information content (AvgIpc) is 2.04. The summed E-state index contributed by atoms with van der Waals surface area (Å²) >= 11 is 1.22. The Bertz CT molecular complexity index is 435. The first-order valence-corrected chi connectivity index (χ1v) is 4.03. The SMILES string of the molecule is O=c1cnc2ccccc2s1. The number of benzene rings is 1. The molecule has 0 radical (unpaired) electrons. The Balaban J connectivity index is 2.94. The molecule has 2 rings (SSSR count). The zero-order valence-electron chi connectivity index (χ0n) is 5.65. The summed E-state index contributed by atoms with van der Waals surface area (Å²) in [6.07, 6.45) is 1.35. The highest BCUT2D eigenvalue weighted by Crippen LogP contribution is 2.10. The van der Waals surface area contributed by atoms with Gasteiger partial charge in [0.15, 0.2) is 0 Å². The number of nitrogens with zero attached hydrogens (tertiary/aromatic N) is 1. The zero-order chi connectivity index (χ0) is 7.68. The second-order valence-corrected chi connectivity index (χ2v) is 3.19. The number of para-hydroxylation sites is 1. The van der Waals surface area contributed by atoms with Gasteiger partial charge < -0.3 is 0 Å². The molecule has 2 aromatic rings. The molecule has 0 saturated carbocycles. The molecular weight excluding hydrogens is 158 g/mol. The topological polar surface area (TPSA) is 30.0 Å². The molecule has 0 aliphatic rings. The Morgan fingerprint density at radius 3 is 3.00 bits per heavy atom. The molecule has 0 fully saturated rings. The minimum atomic E-state index is 0.00343. The molecule has 11 heavy (non-hydrogen) atoms. The maximum absolute atomic E-state index is 10.8. The monoisotopic (exact) mass is 163 g/mol. The molecule has 0 aliphatic heterocycles. The van der Waals surface area contributed by atoms with E-state index < -0.39 is 0 Å². The van der Waals surface area contributed by atoms with E-state index in [2.05, 4.69) is 4.98 Å². The summed E-state index contributed by atoms with van der Waals surface area (Å²) in [7, 11) is 0. The van der Waals surface area contributed by atoms with Crippen LogP contribution in [0.3, 0.4) is 0 Å². The minimum absolute atomic E-state index is 0.00343. The first-order chi connectivity index (χ1) is 5.36. The lowest BCUT2D eigenvalue weighted by molar-refractivity contribution is 1.41. The lowest BCUT2D eigenvalue weighted by atomic mass is 10.3. The fourth-order valence-electron chi connectivity index (χ4n) is 0.907. The summed E-state index contributed by atoms with van der Waals surface area (Å²) in [6.45, 7) is 0. The predicted octanol–water partition coefficient (Wildman–Crippen LogP) is 1.66. The second kappa shape index (κ2) is 2.43. The molecular formula is C8H5NOS. The van der Waals surface area contributed by atoms with Gasteiger partial charge in [0.05, 0.1) is 16.4 Å². The highest BCUT2D eigenvalue weighted by atomic mass is 32.1. The van der Waals surface area contributed by atoms with Crippen molar-refractivity contribution in [3.05, 3.63) is 40.0 Å². The third kappa shape index (κ3) is 1.14. The van der Waals surface area contributed by atoms with Gasteiger partial charge in [-0.2, -0.15) is 0 Å². The molecule has 2 nitrogen and oxygen atoms in total. The molecule has 0 saturated heterocycles. The highest BCUT2D eigenvalue weighted by molar-refractivity contribution is 7.16. The Labute approximate surface area is 67.1 Å². The van der Waals surface area contributed by atoms with E-state index in [1.807, 2.05) is 24.3 Å². The van der Waals surface area contributed by atoms with Crippen LogP contribution in [0.4, 0.5) is 0 Å². The summed E-state index contributed by atoms with van der Waals surface area (Å²) in [5.74, 6) is 0. The van der Waals surface area contributed by atoms with Crippen molar-refractivity contribution in [1.29, 1.82) is 0 Å². The van der Waals surface area contributed by atoms with Gasteiger partial charge in [-0.1, -0.05) is 23.5 Å². The van der Waals surface area contributed by atoms with Crippen LogP contribution in [0, 0.1) is 0 Å².